The molecule has 2 heterocycles. The van der Waals surface area contributed by atoms with Crippen molar-refractivity contribution < 1.29 is 0 Å². The first-order valence-electron chi connectivity index (χ1n) is 18.6. The zero-order chi connectivity index (χ0) is 36.8. The van der Waals surface area contributed by atoms with Gasteiger partial charge in [-0.05, 0) is 95.5 Å². The van der Waals surface area contributed by atoms with E-state index in [0.29, 0.717) is 0 Å². The molecule has 0 amide bonds. The van der Waals surface area contributed by atoms with Crippen molar-refractivity contribution in [1.82, 2.24) is 9.97 Å². The summed E-state index contributed by atoms with van der Waals surface area (Å²) in [5.74, 6) is 0. The van der Waals surface area contributed by atoms with Gasteiger partial charge in [0.1, 0.15) is 0 Å². The Kier molecular flexibility index (Phi) is 8.44. The summed E-state index contributed by atoms with van der Waals surface area (Å²) in [6, 6.07) is 61.3. The Labute approximate surface area is 317 Å². The van der Waals surface area contributed by atoms with Crippen LogP contribution in [0.2, 0.25) is 0 Å². The van der Waals surface area contributed by atoms with Gasteiger partial charge in [-0.25, -0.2) is 9.97 Å². The van der Waals surface area contributed by atoms with Gasteiger partial charge in [0.05, 0.1) is 22.4 Å². The minimum atomic E-state index is 0.904. The van der Waals surface area contributed by atoms with Crippen LogP contribution >= 0.6 is 0 Å². The summed E-state index contributed by atoms with van der Waals surface area (Å²) in [6.07, 6.45) is 0. The number of aromatic nitrogens is 2. The summed E-state index contributed by atoms with van der Waals surface area (Å²) in [5, 5.41) is 2.17. The van der Waals surface area contributed by atoms with Gasteiger partial charge in [-0.2, -0.15) is 0 Å². The van der Waals surface area contributed by atoms with E-state index in [1.807, 2.05) is 0 Å². The smallest absolute Gasteiger partial charge is 0.0978 e. The third-order valence-electron chi connectivity index (χ3n) is 10.7. The lowest BCUT2D eigenvalue weighted by atomic mass is 9.91. The molecule has 9 aromatic rings. The molecular formula is C52H40N2. The van der Waals surface area contributed by atoms with Crippen LogP contribution in [0, 0.1) is 27.7 Å². The van der Waals surface area contributed by atoms with Gasteiger partial charge in [-0.1, -0.05) is 169 Å². The molecular weight excluding hydrogens is 653 g/mol. The highest BCUT2D eigenvalue weighted by Crippen LogP contribution is 2.41. The Bertz CT molecular complexity index is 2620. The van der Waals surface area contributed by atoms with E-state index in [4.69, 9.17) is 9.97 Å². The second kappa shape index (κ2) is 13.7. The fourth-order valence-corrected chi connectivity index (χ4v) is 7.88. The summed E-state index contributed by atoms with van der Waals surface area (Å²) < 4.78 is 0. The topological polar surface area (TPSA) is 25.8 Å². The fraction of sp³-hybridized carbons (Fsp3) is 0.0769. The Morgan fingerprint density at radius 2 is 0.648 bits per heavy atom. The standard InChI is InChI=1S/C52H40N2/c1-33-15-25-43(35(3)29-33)49-31-47(41-21-17-39(18-22-41)37-11-7-5-8-12-37)45-27-28-46-48(42-23-19-40(20-24-42)38-13-9-6-10-14-38)32-50(54-52(46)51(45)53-49)44-26-16-34(2)30-36(44)4/h5-32H,1-4H3. The minimum Gasteiger partial charge on any atom is -0.245 e. The maximum Gasteiger partial charge on any atom is 0.0978 e. The van der Waals surface area contributed by atoms with E-state index < -0.39 is 0 Å². The van der Waals surface area contributed by atoms with E-state index in [1.165, 1.54) is 44.5 Å². The molecule has 0 radical (unpaired) electrons. The number of hydrogen-bond donors (Lipinski definition) is 0. The van der Waals surface area contributed by atoms with Gasteiger partial charge in [0.2, 0.25) is 0 Å². The Morgan fingerprint density at radius 3 is 1.02 bits per heavy atom. The third-order valence-corrected chi connectivity index (χ3v) is 10.7. The predicted octanol–water partition coefficient (Wildman–Crippen LogP) is 14.0. The van der Waals surface area contributed by atoms with Crippen molar-refractivity contribution in [2.24, 2.45) is 0 Å². The normalized spacial score (nSPS) is 11.3. The molecule has 2 nitrogen and oxygen atoms in total. The Hall–Kier alpha value is -6.64. The van der Waals surface area contributed by atoms with E-state index in [2.05, 4.69) is 198 Å². The van der Waals surface area contributed by atoms with E-state index in [9.17, 15) is 0 Å². The van der Waals surface area contributed by atoms with Gasteiger partial charge in [0.15, 0.2) is 0 Å². The molecule has 0 aliphatic carbocycles. The van der Waals surface area contributed by atoms with Crippen LogP contribution in [0.1, 0.15) is 22.3 Å². The van der Waals surface area contributed by atoms with Crippen LogP contribution < -0.4 is 0 Å². The molecule has 0 aliphatic heterocycles. The number of nitrogens with zero attached hydrogens (tertiary/aromatic N) is 2. The van der Waals surface area contributed by atoms with E-state index >= 15 is 0 Å². The first-order valence-corrected chi connectivity index (χ1v) is 18.6. The first-order chi connectivity index (χ1) is 26.4. The predicted molar refractivity (Wildman–Crippen MR) is 229 cm³/mol. The molecule has 0 atom stereocenters. The summed E-state index contributed by atoms with van der Waals surface area (Å²) in [5.41, 5.74) is 20.2. The van der Waals surface area contributed by atoms with Gasteiger partial charge in [-0.15, -0.1) is 0 Å². The zero-order valence-electron chi connectivity index (χ0n) is 31.1. The molecule has 0 fully saturated rings. The molecule has 2 heteroatoms. The maximum atomic E-state index is 5.51. The monoisotopic (exact) mass is 692 g/mol. The zero-order valence-corrected chi connectivity index (χ0v) is 31.1. The molecule has 9 rings (SSSR count). The van der Waals surface area contributed by atoms with Crippen LogP contribution in [0.4, 0.5) is 0 Å². The number of rotatable bonds is 6. The highest BCUT2D eigenvalue weighted by Gasteiger charge is 2.19. The minimum absolute atomic E-state index is 0.904. The summed E-state index contributed by atoms with van der Waals surface area (Å²) in [6.45, 7) is 8.65. The molecule has 0 spiro atoms. The van der Waals surface area contributed by atoms with Crippen LogP contribution in [0.15, 0.2) is 170 Å². The van der Waals surface area contributed by atoms with Gasteiger partial charge >= 0.3 is 0 Å². The van der Waals surface area contributed by atoms with Crippen molar-refractivity contribution in [2.45, 2.75) is 27.7 Å². The fourth-order valence-electron chi connectivity index (χ4n) is 7.88. The van der Waals surface area contributed by atoms with Crippen LogP contribution in [-0.2, 0) is 0 Å². The maximum absolute atomic E-state index is 5.51. The van der Waals surface area contributed by atoms with E-state index in [0.717, 1.165) is 66.6 Å². The third kappa shape index (κ3) is 6.16. The number of hydrogen-bond acceptors (Lipinski definition) is 2. The summed E-state index contributed by atoms with van der Waals surface area (Å²) in [4.78, 5) is 11.0. The van der Waals surface area contributed by atoms with Crippen LogP contribution in [-0.4, -0.2) is 9.97 Å². The second-order valence-corrected chi connectivity index (χ2v) is 14.5. The van der Waals surface area contributed by atoms with E-state index in [1.54, 1.807) is 0 Å². The molecule has 0 unspecified atom stereocenters. The number of pyridine rings is 2. The highest BCUT2D eigenvalue weighted by atomic mass is 14.8. The molecule has 2 aromatic heterocycles. The second-order valence-electron chi connectivity index (χ2n) is 14.5. The summed E-state index contributed by atoms with van der Waals surface area (Å²) in [7, 11) is 0. The molecule has 258 valence electrons. The van der Waals surface area contributed by atoms with Crippen LogP contribution in [0.25, 0.3) is 88.8 Å². The Balaban J connectivity index is 1.32. The lowest BCUT2D eigenvalue weighted by Gasteiger charge is -2.17. The van der Waals surface area contributed by atoms with Crippen LogP contribution in [0.3, 0.4) is 0 Å². The number of benzene rings is 7. The largest absolute Gasteiger partial charge is 0.245 e. The van der Waals surface area contributed by atoms with Gasteiger partial charge in [0.25, 0.3) is 0 Å². The van der Waals surface area contributed by atoms with Crippen molar-refractivity contribution in [3.63, 3.8) is 0 Å². The molecule has 0 N–H and O–H groups in total. The summed E-state index contributed by atoms with van der Waals surface area (Å²) >= 11 is 0. The van der Waals surface area contributed by atoms with E-state index in [-0.39, 0.29) is 0 Å². The van der Waals surface area contributed by atoms with Crippen molar-refractivity contribution in [3.8, 4) is 67.0 Å². The van der Waals surface area contributed by atoms with Crippen molar-refractivity contribution >= 4 is 21.8 Å². The molecule has 0 bridgehead atoms. The van der Waals surface area contributed by atoms with Gasteiger partial charge in [-0.3, -0.25) is 0 Å². The molecule has 7 aromatic carbocycles. The SMILES string of the molecule is Cc1ccc(-c2cc(-c3ccc(-c4ccccc4)cc3)c3ccc4c(-c5ccc(-c6ccccc6)cc5)cc(-c5ccc(C)cc5C)nc4c3n2)c(C)c1. The van der Waals surface area contributed by atoms with Gasteiger partial charge < -0.3 is 0 Å². The lowest BCUT2D eigenvalue weighted by molar-refractivity contribution is 1.32. The number of aryl methyl sites for hydroxylation is 4. The van der Waals surface area contributed by atoms with Gasteiger partial charge in [0, 0.05) is 21.9 Å². The molecule has 0 aliphatic rings. The van der Waals surface area contributed by atoms with Crippen molar-refractivity contribution in [3.05, 3.63) is 192 Å². The number of fused-ring (bicyclic) bond motifs is 3. The quantitative estimate of drug-likeness (QED) is 0.162. The van der Waals surface area contributed by atoms with Crippen LogP contribution in [0.5, 0.6) is 0 Å². The lowest BCUT2D eigenvalue weighted by Crippen LogP contribution is -1.97. The first kappa shape index (κ1) is 33.2. The van der Waals surface area contributed by atoms with Crippen molar-refractivity contribution in [2.75, 3.05) is 0 Å². The molecule has 54 heavy (non-hydrogen) atoms. The molecule has 0 saturated heterocycles. The highest BCUT2D eigenvalue weighted by molar-refractivity contribution is 6.13. The molecule has 0 saturated carbocycles. The Morgan fingerprint density at radius 1 is 0.296 bits per heavy atom. The van der Waals surface area contributed by atoms with Crippen molar-refractivity contribution in [1.29, 1.82) is 0 Å². The average Bonchev–Trinajstić information content (AvgIpc) is 3.21. The average molecular weight is 693 g/mol.